The number of nitrogens with two attached hydrogens (primary N) is 1. The normalized spacial score (nSPS) is 39.9. The summed E-state index contributed by atoms with van der Waals surface area (Å²) in [5.74, 6) is 2.38. The summed E-state index contributed by atoms with van der Waals surface area (Å²) in [4.78, 5) is 29.4. The predicted octanol–water partition coefficient (Wildman–Crippen LogP) is 5.46. The molecule has 6 heteroatoms. The second kappa shape index (κ2) is 9.21. The number of nitrogens with zero attached hydrogens (tertiary/aromatic N) is 1. The fourth-order valence-corrected chi connectivity index (χ4v) is 7.76. The van der Waals surface area contributed by atoms with Crippen LogP contribution in [0.3, 0.4) is 0 Å². The summed E-state index contributed by atoms with van der Waals surface area (Å²) in [5, 5.41) is 4.28. The lowest BCUT2D eigenvalue weighted by Gasteiger charge is -2.58. The van der Waals surface area contributed by atoms with Crippen molar-refractivity contribution in [3.05, 3.63) is 11.6 Å². The average molecular weight is 465 g/mol. The van der Waals surface area contributed by atoms with Gasteiger partial charge in [-0.2, -0.15) is 0 Å². The number of hydrogen-bond acceptors (Lipinski definition) is 5. The van der Waals surface area contributed by atoms with Crippen LogP contribution in [0.2, 0.25) is 0 Å². The van der Waals surface area contributed by atoms with Crippen molar-refractivity contribution in [3.8, 4) is 0 Å². The molecular formula is C26H41ClN2O3. The van der Waals surface area contributed by atoms with Crippen molar-refractivity contribution in [2.45, 2.75) is 92.0 Å². The summed E-state index contributed by atoms with van der Waals surface area (Å²) in [6.07, 6.45) is 10.8. The van der Waals surface area contributed by atoms with Gasteiger partial charge in [-0.3, -0.25) is 4.79 Å². The molecule has 7 atom stereocenters. The minimum Gasteiger partial charge on any atom is -0.318 e. The van der Waals surface area contributed by atoms with Gasteiger partial charge in [0, 0.05) is 12.3 Å². The van der Waals surface area contributed by atoms with Gasteiger partial charge in [0.15, 0.2) is 5.78 Å². The molecule has 0 saturated heterocycles. The number of carbonyl (C=O) groups excluding carboxylic acids is 2. The second-order valence-electron chi connectivity index (χ2n) is 11.6. The van der Waals surface area contributed by atoms with Crippen LogP contribution in [0.1, 0.15) is 86.0 Å². The minimum atomic E-state index is -0.633. The van der Waals surface area contributed by atoms with Crippen LogP contribution in [0.15, 0.2) is 16.8 Å². The maximum absolute atomic E-state index is 12.2. The monoisotopic (exact) mass is 464 g/mol. The highest BCUT2D eigenvalue weighted by atomic mass is 35.5. The smallest absolute Gasteiger partial charge is 0.318 e. The van der Waals surface area contributed by atoms with E-state index in [1.54, 1.807) is 0 Å². The molecule has 0 spiro atoms. The van der Waals surface area contributed by atoms with Gasteiger partial charge in [-0.15, -0.1) is 12.4 Å². The largest absolute Gasteiger partial charge is 0.351 e. The quantitative estimate of drug-likeness (QED) is 0.340. The van der Waals surface area contributed by atoms with Crippen LogP contribution in [-0.4, -0.2) is 23.5 Å². The Kier molecular flexibility index (Phi) is 7.32. The molecule has 0 heterocycles. The van der Waals surface area contributed by atoms with Gasteiger partial charge in [0.05, 0.1) is 5.71 Å². The number of rotatable bonds is 4. The maximum atomic E-state index is 12.2. The van der Waals surface area contributed by atoms with Crippen LogP contribution in [0.4, 0.5) is 0 Å². The maximum Gasteiger partial charge on any atom is 0.351 e. The molecule has 0 aromatic heterocycles. The molecule has 4 aliphatic rings. The molecule has 2 N–H and O–H groups in total. The molecule has 0 radical (unpaired) electrons. The van der Waals surface area contributed by atoms with E-state index in [0.717, 1.165) is 30.9 Å². The summed E-state index contributed by atoms with van der Waals surface area (Å²) in [5.41, 5.74) is 8.70. The van der Waals surface area contributed by atoms with E-state index < -0.39 is 12.0 Å². The molecule has 180 valence electrons. The Balaban J connectivity index is 0.00000289. The van der Waals surface area contributed by atoms with Crippen LogP contribution in [-0.2, 0) is 14.4 Å². The fraction of sp³-hybridized carbons (Fsp3) is 0.808. The van der Waals surface area contributed by atoms with Crippen molar-refractivity contribution < 1.29 is 14.4 Å². The Labute approximate surface area is 199 Å². The first kappa shape index (κ1) is 25.4. The van der Waals surface area contributed by atoms with E-state index in [1.807, 2.05) is 26.8 Å². The lowest BCUT2D eigenvalue weighted by atomic mass is 9.46. The van der Waals surface area contributed by atoms with Crippen molar-refractivity contribution in [3.63, 3.8) is 0 Å². The van der Waals surface area contributed by atoms with Gasteiger partial charge >= 0.3 is 5.97 Å². The summed E-state index contributed by atoms with van der Waals surface area (Å²) in [6, 6.07) is -0.633. The van der Waals surface area contributed by atoms with E-state index in [0.29, 0.717) is 30.0 Å². The molecule has 0 amide bonds. The number of allylic oxidation sites excluding steroid dienone is 1. The first-order chi connectivity index (χ1) is 14.6. The van der Waals surface area contributed by atoms with Crippen molar-refractivity contribution in [1.29, 1.82) is 0 Å². The van der Waals surface area contributed by atoms with Gasteiger partial charge < -0.3 is 10.6 Å². The van der Waals surface area contributed by atoms with Gasteiger partial charge in [-0.1, -0.05) is 38.4 Å². The fourth-order valence-electron chi connectivity index (χ4n) is 7.76. The molecule has 4 aliphatic carbocycles. The third-order valence-electron chi connectivity index (χ3n) is 9.74. The molecule has 0 bridgehead atoms. The third kappa shape index (κ3) is 4.09. The first-order valence-electron chi connectivity index (χ1n) is 12.3. The predicted molar refractivity (Wildman–Crippen MR) is 129 cm³/mol. The standard InChI is InChI=1S/C26H40N2O3.ClH/c1-15(2)23(27)24(30)31-28-16(3)20-8-9-21-19-7-6-17-14-18(29)10-12-25(17,4)22(19)11-13-26(20,21)5;/h14-15,19-23H,6-13,27H2,1-5H3;1H/t19-,20+,21-,22-,23?,25-,26+;/m0./s1. The average Bonchev–Trinajstić information content (AvgIpc) is 3.09. The summed E-state index contributed by atoms with van der Waals surface area (Å²) >= 11 is 0. The van der Waals surface area contributed by atoms with Crippen molar-refractivity contribution in [2.75, 3.05) is 0 Å². The van der Waals surface area contributed by atoms with Crippen molar-refractivity contribution in [1.82, 2.24) is 0 Å². The van der Waals surface area contributed by atoms with Crippen LogP contribution >= 0.6 is 12.4 Å². The zero-order valence-corrected chi connectivity index (χ0v) is 21.2. The van der Waals surface area contributed by atoms with Crippen LogP contribution in [0, 0.1) is 40.4 Å². The molecule has 0 aromatic carbocycles. The summed E-state index contributed by atoms with van der Waals surface area (Å²) in [7, 11) is 0. The number of halogens is 1. The number of fused-ring (bicyclic) bond motifs is 5. The van der Waals surface area contributed by atoms with Crippen molar-refractivity contribution >= 4 is 29.9 Å². The van der Waals surface area contributed by atoms with Crippen LogP contribution in [0.5, 0.6) is 0 Å². The highest BCUT2D eigenvalue weighted by Gasteiger charge is 2.59. The van der Waals surface area contributed by atoms with Crippen molar-refractivity contribution in [2.24, 2.45) is 51.3 Å². The molecule has 0 aromatic rings. The summed E-state index contributed by atoms with van der Waals surface area (Å²) < 4.78 is 0. The van der Waals surface area contributed by atoms with E-state index in [4.69, 9.17) is 10.6 Å². The molecule has 5 nitrogen and oxygen atoms in total. The van der Waals surface area contributed by atoms with Gasteiger partial charge in [-0.25, -0.2) is 4.79 Å². The molecule has 3 saturated carbocycles. The number of ketones is 1. The summed E-state index contributed by atoms with van der Waals surface area (Å²) in [6.45, 7) is 10.7. The van der Waals surface area contributed by atoms with Gasteiger partial charge in [0.2, 0.25) is 0 Å². The zero-order valence-electron chi connectivity index (χ0n) is 20.4. The van der Waals surface area contributed by atoms with Gasteiger partial charge in [0.25, 0.3) is 0 Å². The highest BCUT2D eigenvalue weighted by Crippen LogP contribution is 2.66. The Hall–Kier alpha value is -1.20. The van der Waals surface area contributed by atoms with E-state index in [2.05, 4.69) is 19.0 Å². The van der Waals surface area contributed by atoms with E-state index in [1.165, 1.54) is 31.3 Å². The first-order valence-corrected chi connectivity index (χ1v) is 12.3. The Morgan fingerprint density at radius 1 is 1.12 bits per heavy atom. The Morgan fingerprint density at radius 2 is 1.84 bits per heavy atom. The zero-order chi connectivity index (χ0) is 22.6. The van der Waals surface area contributed by atoms with E-state index in [9.17, 15) is 9.59 Å². The van der Waals surface area contributed by atoms with E-state index in [-0.39, 0.29) is 29.2 Å². The lowest BCUT2D eigenvalue weighted by Crippen LogP contribution is -2.51. The Morgan fingerprint density at radius 3 is 2.53 bits per heavy atom. The SMILES string of the molecule is CC(=NOC(=O)C(N)C(C)C)[C@H]1CC[C@H]2[C@@H]3CCC4=CC(=O)CC[C@]4(C)[C@H]3CC[C@]12C.Cl. The lowest BCUT2D eigenvalue weighted by molar-refractivity contribution is -0.146. The number of oxime groups is 1. The molecular weight excluding hydrogens is 424 g/mol. The number of carbonyl (C=O) groups is 2. The number of hydrogen-bond donors (Lipinski definition) is 1. The molecule has 0 aliphatic heterocycles. The van der Waals surface area contributed by atoms with Crippen LogP contribution in [0.25, 0.3) is 0 Å². The molecule has 3 fully saturated rings. The minimum absolute atomic E-state index is 0. The molecule has 1 unspecified atom stereocenters. The Bertz CT molecular complexity index is 822. The third-order valence-corrected chi connectivity index (χ3v) is 9.74. The topological polar surface area (TPSA) is 81.8 Å². The highest BCUT2D eigenvalue weighted by molar-refractivity contribution is 5.91. The van der Waals surface area contributed by atoms with Gasteiger partial charge in [-0.05, 0) is 92.4 Å². The van der Waals surface area contributed by atoms with Gasteiger partial charge in [0.1, 0.15) is 6.04 Å². The van der Waals surface area contributed by atoms with Crippen LogP contribution < -0.4 is 5.73 Å². The second-order valence-corrected chi connectivity index (χ2v) is 11.6. The molecule has 4 rings (SSSR count). The molecule has 32 heavy (non-hydrogen) atoms. The van der Waals surface area contributed by atoms with E-state index >= 15 is 0 Å².